The van der Waals surface area contributed by atoms with Crippen molar-refractivity contribution in [1.29, 1.82) is 0 Å². The van der Waals surface area contributed by atoms with Crippen molar-refractivity contribution < 1.29 is 9.47 Å². The number of hydrogen-bond donors (Lipinski definition) is 0. The quantitative estimate of drug-likeness (QED) is 0.472. The Labute approximate surface area is 168 Å². The minimum absolute atomic E-state index is 0.234. The average Bonchev–Trinajstić information content (AvgIpc) is 3.09. The van der Waals surface area contributed by atoms with Crippen LogP contribution in [0.1, 0.15) is 31.3 Å². The standard InChI is InChI=1S/C20H22ClN3O2S/c1-4-24-19(14(2)26-18-10-6-8-16(21)12-18)22-23-20(24)27-13-15-7-5-9-17(11-15)25-3/h5-12,14H,4,13H2,1-3H3. The van der Waals surface area contributed by atoms with E-state index in [4.69, 9.17) is 21.1 Å². The number of ether oxygens (including phenoxy) is 2. The van der Waals surface area contributed by atoms with Gasteiger partial charge in [0.2, 0.25) is 0 Å². The van der Waals surface area contributed by atoms with Crippen molar-refractivity contribution in [2.75, 3.05) is 7.11 Å². The van der Waals surface area contributed by atoms with E-state index in [2.05, 4.69) is 27.8 Å². The first-order valence-corrected chi connectivity index (χ1v) is 10.1. The number of hydrogen-bond acceptors (Lipinski definition) is 5. The van der Waals surface area contributed by atoms with E-state index in [1.54, 1.807) is 24.9 Å². The normalized spacial score (nSPS) is 12.0. The molecule has 1 atom stereocenters. The Bertz CT molecular complexity index is 900. The van der Waals surface area contributed by atoms with Crippen molar-refractivity contribution >= 4 is 23.4 Å². The van der Waals surface area contributed by atoms with E-state index in [1.807, 2.05) is 43.3 Å². The van der Waals surface area contributed by atoms with E-state index in [1.165, 1.54) is 5.56 Å². The minimum atomic E-state index is -0.234. The number of methoxy groups -OCH3 is 1. The Hall–Kier alpha value is -2.18. The Morgan fingerprint density at radius 2 is 1.89 bits per heavy atom. The molecular formula is C20H22ClN3O2S. The fourth-order valence-corrected chi connectivity index (χ4v) is 3.84. The highest BCUT2D eigenvalue weighted by Gasteiger charge is 2.19. The second-order valence-corrected chi connectivity index (χ2v) is 7.32. The first-order valence-electron chi connectivity index (χ1n) is 8.71. The van der Waals surface area contributed by atoms with Crippen molar-refractivity contribution in [2.24, 2.45) is 0 Å². The second kappa shape index (κ2) is 9.15. The summed E-state index contributed by atoms with van der Waals surface area (Å²) in [5.41, 5.74) is 1.18. The van der Waals surface area contributed by atoms with Gasteiger partial charge in [-0.15, -0.1) is 10.2 Å². The van der Waals surface area contributed by atoms with Gasteiger partial charge < -0.3 is 14.0 Å². The Kier molecular flexibility index (Phi) is 6.63. The summed E-state index contributed by atoms with van der Waals surface area (Å²) in [7, 11) is 1.67. The van der Waals surface area contributed by atoms with Crippen molar-refractivity contribution in [3.63, 3.8) is 0 Å². The van der Waals surface area contributed by atoms with E-state index in [0.717, 1.165) is 29.0 Å². The van der Waals surface area contributed by atoms with Gasteiger partial charge in [0.1, 0.15) is 11.5 Å². The minimum Gasteiger partial charge on any atom is -0.497 e. The molecule has 0 aliphatic rings. The van der Waals surface area contributed by atoms with E-state index in [0.29, 0.717) is 10.8 Å². The molecule has 5 nitrogen and oxygen atoms in total. The molecule has 0 aliphatic heterocycles. The average molecular weight is 404 g/mol. The van der Waals surface area contributed by atoms with Crippen molar-refractivity contribution in [3.8, 4) is 11.5 Å². The van der Waals surface area contributed by atoms with Gasteiger partial charge >= 0.3 is 0 Å². The summed E-state index contributed by atoms with van der Waals surface area (Å²) in [6.07, 6.45) is -0.234. The fourth-order valence-electron chi connectivity index (χ4n) is 2.71. The maximum Gasteiger partial charge on any atom is 0.191 e. The van der Waals surface area contributed by atoms with Gasteiger partial charge in [-0.3, -0.25) is 0 Å². The highest BCUT2D eigenvalue weighted by molar-refractivity contribution is 7.98. The molecule has 3 aromatic rings. The summed E-state index contributed by atoms with van der Waals surface area (Å²) >= 11 is 7.68. The maximum absolute atomic E-state index is 6.03. The molecule has 0 aliphatic carbocycles. The summed E-state index contributed by atoms with van der Waals surface area (Å²) in [5, 5.41) is 10.2. The van der Waals surface area contributed by atoms with Gasteiger partial charge in [-0.05, 0) is 49.7 Å². The van der Waals surface area contributed by atoms with E-state index in [9.17, 15) is 0 Å². The maximum atomic E-state index is 6.03. The van der Waals surface area contributed by atoms with Crippen LogP contribution in [0.5, 0.6) is 11.5 Å². The van der Waals surface area contributed by atoms with Crippen LogP contribution in [0.4, 0.5) is 0 Å². The van der Waals surface area contributed by atoms with Crippen LogP contribution in [0.2, 0.25) is 5.02 Å². The zero-order valence-corrected chi connectivity index (χ0v) is 17.1. The molecule has 1 heterocycles. The topological polar surface area (TPSA) is 49.2 Å². The number of halogens is 1. The molecule has 1 aromatic heterocycles. The van der Waals surface area contributed by atoms with Crippen LogP contribution in [-0.4, -0.2) is 21.9 Å². The molecule has 0 N–H and O–H groups in total. The van der Waals surface area contributed by atoms with Crippen LogP contribution in [0.15, 0.2) is 53.7 Å². The number of thioether (sulfide) groups is 1. The number of aromatic nitrogens is 3. The smallest absolute Gasteiger partial charge is 0.191 e. The Morgan fingerprint density at radius 1 is 1.11 bits per heavy atom. The summed E-state index contributed by atoms with van der Waals surface area (Å²) in [6.45, 7) is 4.81. The molecule has 2 aromatic carbocycles. The molecule has 27 heavy (non-hydrogen) atoms. The fraction of sp³-hybridized carbons (Fsp3) is 0.300. The van der Waals surface area contributed by atoms with Gasteiger partial charge in [-0.2, -0.15) is 0 Å². The monoisotopic (exact) mass is 403 g/mol. The first kappa shape index (κ1) is 19.6. The van der Waals surface area contributed by atoms with Crippen molar-refractivity contribution in [1.82, 2.24) is 14.8 Å². The zero-order valence-electron chi connectivity index (χ0n) is 15.6. The second-order valence-electron chi connectivity index (χ2n) is 5.94. The van der Waals surface area contributed by atoms with Gasteiger partial charge in [-0.25, -0.2) is 0 Å². The highest BCUT2D eigenvalue weighted by Crippen LogP contribution is 2.28. The SMILES string of the molecule is CCn1c(SCc2cccc(OC)c2)nnc1C(C)Oc1cccc(Cl)c1. The predicted molar refractivity (Wildman–Crippen MR) is 109 cm³/mol. The molecule has 0 radical (unpaired) electrons. The Morgan fingerprint density at radius 3 is 2.63 bits per heavy atom. The molecule has 7 heteroatoms. The molecule has 0 saturated heterocycles. The lowest BCUT2D eigenvalue weighted by atomic mass is 10.2. The van der Waals surface area contributed by atoms with E-state index >= 15 is 0 Å². The Balaban J connectivity index is 1.71. The number of benzene rings is 2. The molecule has 142 valence electrons. The summed E-state index contributed by atoms with van der Waals surface area (Å²) < 4.78 is 13.4. The lowest BCUT2D eigenvalue weighted by Crippen LogP contribution is -2.12. The molecule has 3 rings (SSSR count). The van der Waals surface area contributed by atoms with Crippen LogP contribution < -0.4 is 9.47 Å². The van der Waals surface area contributed by atoms with E-state index in [-0.39, 0.29) is 6.10 Å². The van der Waals surface area contributed by atoms with Crippen LogP contribution in [0.3, 0.4) is 0 Å². The van der Waals surface area contributed by atoms with Crippen LogP contribution in [0, 0.1) is 0 Å². The molecular weight excluding hydrogens is 382 g/mol. The summed E-state index contributed by atoms with van der Waals surface area (Å²) in [5.74, 6) is 3.16. The molecule has 0 saturated carbocycles. The van der Waals surface area contributed by atoms with Crippen LogP contribution in [0.25, 0.3) is 0 Å². The van der Waals surface area contributed by atoms with Gasteiger partial charge in [0, 0.05) is 17.3 Å². The zero-order chi connectivity index (χ0) is 19.2. The van der Waals surface area contributed by atoms with Crippen molar-refractivity contribution in [2.45, 2.75) is 37.4 Å². The molecule has 0 bridgehead atoms. The third-order valence-electron chi connectivity index (χ3n) is 4.04. The lowest BCUT2D eigenvalue weighted by molar-refractivity contribution is 0.210. The number of rotatable bonds is 8. The molecule has 0 amide bonds. The van der Waals surface area contributed by atoms with Gasteiger partial charge in [0.15, 0.2) is 17.1 Å². The first-order chi connectivity index (χ1) is 13.1. The van der Waals surface area contributed by atoms with Crippen LogP contribution in [-0.2, 0) is 12.3 Å². The summed E-state index contributed by atoms with van der Waals surface area (Å²) in [4.78, 5) is 0. The van der Waals surface area contributed by atoms with E-state index < -0.39 is 0 Å². The largest absolute Gasteiger partial charge is 0.497 e. The van der Waals surface area contributed by atoms with Gasteiger partial charge in [-0.1, -0.05) is 41.6 Å². The van der Waals surface area contributed by atoms with Crippen LogP contribution >= 0.6 is 23.4 Å². The third kappa shape index (κ3) is 4.96. The van der Waals surface area contributed by atoms with Gasteiger partial charge in [0.25, 0.3) is 0 Å². The van der Waals surface area contributed by atoms with Crippen molar-refractivity contribution in [3.05, 3.63) is 64.9 Å². The van der Waals surface area contributed by atoms with Gasteiger partial charge in [0.05, 0.1) is 7.11 Å². The number of nitrogens with zero attached hydrogens (tertiary/aromatic N) is 3. The lowest BCUT2D eigenvalue weighted by Gasteiger charge is -2.15. The molecule has 0 fully saturated rings. The highest BCUT2D eigenvalue weighted by atomic mass is 35.5. The molecule has 0 spiro atoms. The predicted octanol–water partition coefficient (Wildman–Crippen LogP) is 5.39. The third-order valence-corrected chi connectivity index (χ3v) is 5.31. The molecule has 1 unspecified atom stereocenters. The summed E-state index contributed by atoms with van der Waals surface area (Å²) in [6, 6.07) is 15.4.